The van der Waals surface area contributed by atoms with Gasteiger partial charge in [-0.2, -0.15) is 0 Å². The van der Waals surface area contributed by atoms with Crippen LogP contribution in [0.3, 0.4) is 0 Å². The van der Waals surface area contributed by atoms with Gasteiger partial charge in [-0.05, 0) is 19.1 Å². The van der Waals surface area contributed by atoms with Gasteiger partial charge in [0.05, 0.1) is 6.61 Å². The van der Waals surface area contributed by atoms with Crippen LogP contribution in [0.1, 0.15) is 6.92 Å². The summed E-state index contributed by atoms with van der Waals surface area (Å²) < 4.78 is 10.4. The molecule has 0 unspecified atom stereocenters. The fourth-order valence-corrected chi connectivity index (χ4v) is 0.918. The Hall–Kier alpha value is -1.09. The molecule has 1 atom stereocenters. The van der Waals surface area contributed by atoms with Crippen LogP contribution in [0.5, 0.6) is 5.75 Å². The van der Waals surface area contributed by atoms with Crippen molar-refractivity contribution in [3.63, 3.8) is 0 Å². The molecule has 66 valence electrons. The Bertz CT molecular complexity index is 213. The molecule has 0 saturated heterocycles. The number of nitrogens with zero attached hydrogens (tertiary/aromatic N) is 1. The number of ether oxygens (including phenoxy) is 2. The largest absolute Gasteiger partial charge is 0.488 e. The predicted molar refractivity (Wildman–Crippen MR) is 46.2 cm³/mol. The normalized spacial score (nSPS) is 12.5. The van der Waals surface area contributed by atoms with E-state index in [0.29, 0.717) is 6.61 Å². The summed E-state index contributed by atoms with van der Waals surface area (Å²) in [5, 5.41) is 0. The summed E-state index contributed by atoms with van der Waals surface area (Å²) in [4.78, 5) is 3.89. The fraction of sp³-hybridized carbons (Fsp3) is 0.444. The molecule has 0 aliphatic rings. The maximum absolute atomic E-state index is 5.49. The van der Waals surface area contributed by atoms with E-state index in [1.807, 2.05) is 19.1 Å². The van der Waals surface area contributed by atoms with Crippen LogP contribution in [0.15, 0.2) is 24.5 Å². The lowest BCUT2D eigenvalue weighted by Crippen LogP contribution is -2.17. The molecule has 0 fully saturated rings. The van der Waals surface area contributed by atoms with E-state index in [0.717, 1.165) is 5.75 Å². The zero-order valence-corrected chi connectivity index (χ0v) is 7.36. The Labute approximate surface area is 72.3 Å². The van der Waals surface area contributed by atoms with Gasteiger partial charge >= 0.3 is 0 Å². The minimum atomic E-state index is 0.0809. The van der Waals surface area contributed by atoms with Gasteiger partial charge in [0, 0.05) is 19.5 Å². The van der Waals surface area contributed by atoms with E-state index in [1.54, 1.807) is 19.5 Å². The van der Waals surface area contributed by atoms with Gasteiger partial charge in [0.2, 0.25) is 0 Å². The van der Waals surface area contributed by atoms with Gasteiger partial charge in [-0.1, -0.05) is 0 Å². The van der Waals surface area contributed by atoms with Crippen LogP contribution < -0.4 is 4.74 Å². The van der Waals surface area contributed by atoms with Crippen LogP contribution in [-0.4, -0.2) is 24.8 Å². The molecule has 1 aromatic heterocycles. The van der Waals surface area contributed by atoms with E-state index < -0.39 is 0 Å². The van der Waals surface area contributed by atoms with E-state index in [4.69, 9.17) is 9.47 Å². The van der Waals surface area contributed by atoms with Crippen LogP contribution >= 0.6 is 0 Å². The number of aromatic nitrogens is 1. The van der Waals surface area contributed by atoms with Gasteiger partial charge in [0.1, 0.15) is 11.9 Å². The molecule has 0 radical (unpaired) electrons. The number of methoxy groups -OCH3 is 1. The molecule has 3 heteroatoms. The zero-order valence-electron chi connectivity index (χ0n) is 7.36. The van der Waals surface area contributed by atoms with Crippen LogP contribution in [0.2, 0.25) is 0 Å². The van der Waals surface area contributed by atoms with Crippen molar-refractivity contribution in [3.05, 3.63) is 24.5 Å². The molecule has 0 aliphatic heterocycles. The summed E-state index contributed by atoms with van der Waals surface area (Å²) in [6, 6.07) is 3.65. The van der Waals surface area contributed by atoms with Crippen molar-refractivity contribution in [3.8, 4) is 5.75 Å². The molecule has 3 nitrogen and oxygen atoms in total. The van der Waals surface area contributed by atoms with Crippen LogP contribution in [0.4, 0.5) is 0 Å². The van der Waals surface area contributed by atoms with Crippen molar-refractivity contribution in [1.29, 1.82) is 0 Å². The standard InChI is InChI=1S/C9H13NO2/c1-8(7-11-2)12-9-3-5-10-6-4-9/h3-6,8H,7H2,1-2H3/t8-/m0/s1. The van der Waals surface area contributed by atoms with Crippen LogP contribution in [0, 0.1) is 0 Å². The number of hydrogen-bond acceptors (Lipinski definition) is 3. The third-order valence-electron chi connectivity index (χ3n) is 1.39. The van der Waals surface area contributed by atoms with Gasteiger partial charge in [-0.3, -0.25) is 4.98 Å². The second-order valence-corrected chi connectivity index (χ2v) is 2.57. The van der Waals surface area contributed by atoms with E-state index in [1.165, 1.54) is 0 Å². The van der Waals surface area contributed by atoms with Gasteiger partial charge in [-0.15, -0.1) is 0 Å². The summed E-state index contributed by atoms with van der Waals surface area (Å²) in [5.41, 5.74) is 0. The molecule has 0 spiro atoms. The predicted octanol–water partition coefficient (Wildman–Crippen LogP) is 1.50. The summed E-state index contributed by atoms with van der Waals surface area (Å²) in [7, 11) is 1.66. The Morgan fingerprint density at radius 3 is 2.67 bits per heavy atom. The molecule has 0 aliphatic carbocycles. The number of rotatable bonds is 4. The van der Waals surface area contributed by atoms with Crippen molar-refractivity contribution in [2.45, 2.75) is 13.0 Å². The first-order valence-corrected chi connectivity index (χ1v) is 3.88. The summed E-state index contributed by atoms with van der Waals surface area (Å²) >= 11 is 0. The quantitative estimate of drug-likeness (QED) is 0.681. The van der Waals surface area contributed by atoms with Gasteiger partial charge in [0.25, 0.3) is 0 Å². The zero-order chi connectivity index (χ0) is 8.81. The van der Waals surface area contributed by atoms with E-state index in [-0.39, 0.29) is 6.10 Å². The molecule has 0 aromatic carbocycles. The average Bonchev–Trinajstić information content (AvgIpc) is 2.06. The van der Waals surface area contributed by atoms with Gasteiger partial charge < -0.3 is 9.47 Å². The highest BCUT2D eigenvalue weighted by Crippen LogP contribution is 2.09. The minimum Gasteiger partial charge on any atom is -0.488 e. The second-order valence-electron chi connectivity index (χ2n) is 2.57. The van der Waals surface area contributed by atoms with Crippen molar-refractivity contribution in [2.75, 3.05) is 13.7 Å². The molecule has 0 bridgehead atoms. The minimum absolute atomic E-state index is 0.0809. The molecular formula is C9H13NO2. The third kappa shape index (κ3) is 2.88. The van der Waals surface area contributed by atoms with Crippen molar-refractivity contribution < 1.29 is 9.47 Å². The molecule has 12 heavy (non-hydrogen) atoms. The first kappa shape index (κ1) is 9.00. The van der Waals surface area contributed by atoms with E-state index in [9.17, 15) is 0 Å². The summed E-state index contributed by atoms with van der Waals surface area (Å²) in [5.74, 6) is 0.828. The van der Waals surface area contributed by atoms with Crippen molar-refractivity contribution in [1.82, 2.24) is 4.98 Å². The maximum Gasteiger partial charge on any atom is 0.122 e. The third-order valence-corrected chi connectivity index (χ3v) is 1.39. The number of pyridine rings is 1. The average molecular weight is 167 g/mol. The van der Waals surface area contributed by atoms with E-state index in [2.05, 4.69) is 4.98 Å². The van der Waals surface area contributed by atoms with Gasteiger partial charge in [0.15, 0.2) is 0 Å². The molecule has 0 amide bonds. The molecule has 1 aromatic rings. The highest BCUT2D eigenvalue weighted by molar-refractivity contribution is 5.16. The Kier molecular flexibility index (Phi) is 3.54. The molecule has 0 N–H and O–H groups in total. The lowest BCUT2D eigenvalue weighted by atomic mass is 10.4. The summed E-state index contributed by atoms with van der Waals surface area (Å²) in [6.07, 6.45) is 3.49. The second kappa shape index (κ2) is 4.72. The lowest BCUT2D eigenvalue weighted by molar-refractivity contribution is 0.0920. The van der Waals surface area contributed by atoms with Crippen molar-refractivity contribution >= 4 is 0 Å². The fourth-order valence-electron chi connectivity index (χ4n) is 0.918. The smallest absolute Gasteiger partial charge is 0.122 e. The van der Waals surface area contributed by atoms with Crippen LogP contribution in [-0.2, 0) is 4.74 Å². The first-order chi connectivity index (χ1) is 5.83. The highest BCUT2D eigenvalue weighted by atomic mass is 16.5. The lowest BCUT2D eigenvalue weighted by Gasteiger charge is -2.12. The Morgan fingerprint density at radius 2 is 2.08 bits per heavy atom. The summed E-state index contributed by atoms with van der Waals surface area (Å²) in [6.45, 7) is 2.56. The van der Waals surface area contributed by atoms with Crippen molar-refractivity contribution in [2.24, 2.45) is 0 Å². The molecule has 1 heterocycles. The molecule has 1 rings (SSSR count). The van der Waals surface area contributed by atoms with Crippen LogP contribution in [0.25, 0.3) is 0 Å². The topological polar surface area (TPSA) is 31.4 Å². The van der Waals surface area contributed by atoms with Gasteiger partial charge in [-0.25, -0.2) is 0 Å². The Morgan fingerprint density at radius 1 is 1.42 bits per heavy atom. The maximum atomic E-state index is 5.49. The molecular weight excluding hydrogens is 154 g/mol. The van der Waals surface area contributed by atoms with E-state index >= 15 is 0 Å². The first-order valence-electron chi connectivity index (χ1n) is 3.88. The number of hydrogen-bond donors (Lipinski definition) is 0. The molecule has 0 saturated carbocycles. The monoisotopic (exact) mass is 167 g/mol. The highest BCUT2D eigenvalue weighted by Gasteiger charge is 2.01. The Balaban J connectivity index is 2.41. The SMILES string of the molecule is COC[C@H](C)Oc1ccncc1.